The maximum absolute atomic E-state index is 14.8. The van der Waals surface area contributed by atoms with Gasteiger partial charge in [-0.05, 0) is 28.3 Å². The lowest BCUT2D eigenvalue weighted by atomic mass is 9.92. The van der Waals surface area contributed by atoms with Gasteiger partial charge < -0.3 is 4.57 Å². The molecule has 7 aromatic carbocycles. The number of pyridine rings is 1. The van der Waals surface area contributed by atoms with Gasteiger partial charge in [-0.3, -0.25) is 0 Å². The van der Waals surface area contributed by atoms with Gasteiger partial charge in [0.1, 0.15) is 0 Å². The Morgan fingerprint density at radius 3 is 1.48 bits per heavy atom. The van der Waals surface area contributed by atoms with Crippen LogP contribution in [0.25, 0.3) is 55.2 Å². The molecule has 8 rings (SSSR count). The van der Waals surface area contributed by atoms with Crippen LogP contribution >= 0.6 is 7.14 Å². The molecule has 0 bridgehead atoms. The van der Waals surface area contributed by atoms with Gasteiger partial charge in [0.2, 0.25) is 0 Å². The molecule has 0 aliphatic heterocycles. The van der Waals surface area contributed by atoms with Crippen molar-refractivity contribution in [3.63, 3.8) is 0 Å². The zero-order valence-electron chi connectivity index (χ0n) is 25.1. The first kappa shape index (κ1) is 28.0. The van der Waals surface area contributed by atoms with Crippen molar-refractivity contribution in [1.29, 1.82) is 0 Å². The third-order valence-corrected chi connectivity index (χ3v) is 11.8. The van der Waals surface area contributed by atoms with Crippen molar-refractivity contribution < 1.29 is 4.57 Å². The summed E-state index contributed by atoms with van der Waals surface area (Å²) >= 11 is 0. The number of fused-ring (bicyclic) bond motifs is 3. The lowest BCUT2D eigenvalue weighted by Gasteiger charge is -2.20. The van der Waals surface area contributed by atoms with Gasteiger partial charge in [0, 0.05) is 37.6 Å². The quantitative estimate of drug-likeness (QED) is 0.139. The summed E-state index contributed by atoms with van der Waals surface area (Å²) in [6, 6.07) is 62.0. The highest BCUT2D eigenvalue weighted by atomic mass is 31.2. The van der Waals surface area contributed by atoms with Crippen LogP contribution in [0.3, 0.4) is 0 Å². The monoisotopic (exact) mass is 607 g/mol. The average molecular weight is 608 g/mol. The Labute approximate surface area is 269 Å². The number of hydrogen-bond acceptors (Lipinski definition) is 2. The molecule has 0 atom stereocenters. The molecule has 0 amide bonds. The number of benzene rings is 7. The van der Waals surface area contributed by atoms with Gasteiger partial charge in [-0.15, -0.1) is 0 Å². The summed E-state index contributed by atoms with van der Waals surface area (Å²) in [5.74, 6) is 0. The molecule has 0 radical (unpaired) electrons. The van der Waals surface area contributed by atoms with Gasteiger partial charge in [-0.2, -0.15) is 0 Å². The molecule has 0 unspecified atom stereocenters. The molecule has 0 aliphatic carbocycles. The Bertz CT molecular complexity index is 2310. The standard InChI is InChI=1S/C43H30NOP/c45-46(35-15-6-2-7-16-35,36-17-8-3-9-18-36)37-29-27-32(28-30-37)31-23-25-33(26-24-31)38-20-12-21-40-42(38)39-19-10-11-22-41(39)44-43(40)34-13-4-1-5-14-34/h1-30H. The second kappa shape index (κ2) is 11.7. The van der Waals surface area contributed by atoms with Gasteiger partial charge in [-0.1, -0.05) is 176 Å². The van der Waals surface area contributed by atoms with Gasteiger partial charge in [0.05, 0.1) is 11.2 Å². The van der Waals surface area contributed by atoms with Gasteiger partial charge in [0.25, 0.3) is 0 Å². The van der Waals surface area contributed by atoms with E-state index in [4.69, 9.17) is 4.98 Å². The van der Waals surface area contributed by atoms with E-state index in [0.29, 0.717) is 0 Å². The molecular weight excluding hydrogens is 577 g/mol. The summed E-state index contributed by atoms with van der Waals surface area (Å²) in [7, 11) is -3.01. The van der Waals surface area contributed by atoms with Crippen LogP contribution in [0.4, 0.5) is 0 Å². The second-order valence-electron chi connectivity index (χ2n) is 11.5. The van der Waals surface area contributed by atoms with Crippen molar-refractivity contribution in [2.45, 2.75) is 0 Å². The lowest BCUT2D eigenvalue weighted by molar-refractivity contribution is 0.592. The van der Waals surface area contributed by atoms with Crippen molar-refractivity contribution in [2.24, 2.45) is 0 Å². The summed E-state index contributed by atoms with van der Waals surface area (Å²) < 4.78 is 14.8. The Morgan fingerprint density at radius 2 is 0.848 bits per heavy atom. The number of para-hydroxylation sites is 1. The molecule has 0 saturated heterocycles. The maximum Gasteiger partial charge on any atom is 0.171 e. The smallest absolute Gasteiger partial charge is 0.171 e. The van der Waals surface area contributed by atoms with Crippen LogP contribution in [-0.2, 0) is 4.57 Å². The average Bonchev–Trinajstić information content (AvgIpc) is 3.15. The van der Waals surface area contributed by atoms with Gasteiger partial charge in [0.15, 0.2) is 7.14 Å². The normalized spacial score (nSPS) is 11.6. The molecule has 8 aromatic rings. The Morgan fingerprint density at radius 1 is 0.370 bits per heavy atom. The molecule has 1 heterocycles. The molecule has 218 valence electrons. The topological polar surface area (TPSA) is 30.0 Å². The predicted molar refractivity (Wildman–Crippen MR) is 195 cm³/mol. The van der Waals surface area contributed by atoms with E-state index in [-0.39, 0.29) is 0 Å². The maximum atomic E-state index is 14.8. The first-order valence-corrected chi connectivity index (χ1v) is 17.2. The Hall–Kier alpha value is -5.56. The highest BCUT2D eigenvalue weighted by Gasteiger charge is 2.29. The Balaban J connectivity index is 1.19. The first-order valence-electron chi connectivity index (χ1n) is 15.5. The van der Waals surface area contributed by atoms with E-state index in [1.807, 2.05) is 78.9 Å². The first-order chi connectivity index (χ1) is 22.7. The molecule has 0 aliphatic rings. The summed E-state index contributed by atoms with van der Waals surface area (Å²) in [6.07, 6.45) is 0. The zero-order chi connectivity index (χ0) is 30.9. The largest absolute Gasteiger partial charge is 0.309 e. The van der Waals surface area contributed by atoms with E-state index >= 15 is 0 Å². The Kier molecular flexibility index (Phi) is 7.14. The molecule has 0 N–H and O–H groups in total. The SMILES string of the molecule is O=P(c1ccccc1)(c1ccccc1)c1ccc(-c2ccc(-c3cccc4c(-c5ccccc5)nc5ccccc5c34)cc2)cc1. The molecule has 0 saturated carbocycles. The third-order valence-electron chi connectivity index (χ3n) is 8.77. The number of aromatic nitrogens is 1. The van der Waals surface area contributed by atoms with Crippen molar-refractivity contribution in [1.82, 2.24) is 4.98 Å². The third kappa shape index (κ3) is 4.85. The number of hydrogen-bond donors (Lipinski definition) is 0. The van der Waals surface area contributed by atoms with Crippen molar-refractivity contribution in [3.05, 3.63) is 182 Å². The molecule has 0 spiro atoms. The van der Waals surface area contributed by atoms with Crippen LogP contribution in [0.5, 0.6) is 0 Å². The van der Waals surface area contributed by atoms with Crippen molar-refractivity contribution in [3.8, 4) is 33.5 Å². The van der Waals surface area contributed by atoms with Crippen molar-refractivity contribution in [2.75, 3.05) is 0 Å². The molecule has 46 heavy (non-hydrogen) atoms. The summed E-state index contributed by atoms with van der Waals surface area (Å²) in [4.78, 5) is 5.11. The van der Waals surface area contributed by atoms with Crippen LogP contribution < -0.4 is 15.9 Å². The molecule has 0 fully saturated rings. The van der Waals surface area contributed by atoms with Crippen LogP contribution in [0.15, 0.2) is 182 Å². The molecule has 2 nitrogen and oxygen atoms in total. The summed E-state index contributed by atoms with van der Waals surface area (Å²) in [5.41, 5.74) is 7.62. The fraction of sp³-hybridized carbons (Fsp3) is 0. The fourth-order valence-electron chi connectivity index (χ4n) is 6.49. The number of rotatable bonds is 6. The minimum Gasteiger partial charge on any atom is -0.309 e. The minimum atomic E-state index is -3.01. The molecule has 3 heteroatoms. The van der Waals surface area contributed by atoms with E-state index in [2.05, 4.69) is 103 Å². The minimum absolute atomic E-state index is 0.829. The zero-order valence-corrected chi connectivity index (χ0v) is 26.0. The predicted octanol–water partition coefficient (Wildman–Crippen LogP) is 10.0. The van der Waals surface area contributed by atoms with E-state index in [0.717, 1.165) is 60.2 Å². The number of nitrogens with zero attached hydrogens (tertiary/aromatic N) is 1. The lowest BCUT2D eigenvalue weighted by Crippen LogP contribution is -2.24. The van der Waals surface area contributed by atoms with Crippen molar-refractivity contribution >= 4 is 44.7 Å². The highest BCUT2D eigenvalue weighted by Crippen LogP contribution is 2.43. The summed E-state index contributed by atoms with van der Waals surface area (Å²) in [5, 5.41) is 6.01. The van der Waals surface area contributed by atoms with E-state index < -0.39 is 7.14 Å². The van der Waals surface area contributed by atoms with Gasteiger partial charge >= 0.3 is 0 Å². The van der Waals surface area contributed by atoms with Crippen LogP contribution in [0.1, 0.15) is 0 Å². The van der Waals surface area contributed by atoms with E-state index in [1.54, 1.807) is 0 Å². The van der Waals surface area contributed by atoms with Crippen LogP contribution in [0, 0.1) is 0 Å². The van der Waals surface area contributed by atoms with Crippen LogP contribution in [0.2, 0.25) is 0 Å². The van der Waals surface area contributed by atoms with Gasteiger partial charge in [-0.25, -0.2) is 4.98 Å². The second-order valence-corrected chi connectivity index (χ2v) is 14.2. The molecule has 1 aromatic heterocycles. The highest BCUT2D eigenvalue weighted by molar-refractivity contribution is 7.85. The van der Waals surface area contributed by atoms with E-state index in [1.165, 1.54) is 10.9 Å². The summed E-state index contributed by atoms with van der Waals surface area (Å²) in [6.45, 7) is 0. The van der Waals surface area contributed by atoms with E-state index in [9.17, 15) is 4.57 Å². The van der Waals surface area contributed by atoms with Crippen LogP contribution in [-0.4, -0.2) is 4.98 Å². The fourth-order valence-corrected chi connectivity index (χ4v) is 9.14. The molecular formula is C43H30NOP.